The zero-order chi connectivity index (χ0) is 20.3. The lowest BCUT2D eigenvalue weighted by molar-refractivity contribution is 0.0134. The second-order valence-corrected chi connectivity index (χ2v) is 8.47. The van der Waals surface area contributed by atoms with Gasteiger partial charge in [-0.2, -0.15) is 0 Å². The molecule has 1 fully saturated rings. The third-order valence-electron chi connectivity index (χ3n) is 4.75. The summed E-state index contributed by atoms with van der Waals surface area (Å²) in [6, 6.07) is 9.91. The number of hydrogen-bond donors (Lipinski definition) is 0. The van der Waals surface area contributed by atoms with Crippen LogP contribution in [0.3, 0.4) is 0 Å². The van der Waals surface area contributed by atoms with Gasteiger partial charge in [-0.15, -0.1) is 5.10 Å². The SMILES string of the molecule is CN(C(=O)OC(C)(C)C)C1CCN(Cn2nc(-c3ccccc3)oc2=S)CC1. The molecule has 2 aromatic rings. The van der Waals surface area contributed by atoms with Gasteiger partial charge < -0.3 is 14.1 Å². The minimum absolute atomic E-state index is 0.177. The largest absolute Gasteiger partial charge is 0.444 e. The summed E-state index contributed by atoms with van der Waals surface area (Å²) in [7, 11) is 1.81. The van der Waals surface area contributed by atoms with Crippen molar-refractivity contribution in [1.82, 2.24) is 19.6 Å². The summed E-state index contributed by atoms with van der Waals surface area (Å²) in [5, 5.41) is 4.52. The van der Waals surface area contributed by atoms with E-state index in [9.17, 15) is 4.79 Å². The first kappa shape index (κ1) is 20.5. The number of benzene rings is 1. The van der Waals surface area contributed by atoms with Gasteiger partial charge >= 0.3 is 6.09 Å². The van der Waals surface area contributed by atoms with Crippen molar-refractivity contribution in [3.63, 3.8) is 0 Å². The lowest BCUT2D eigenvalue weighted by Gasteiger charge is -2.37. The molecule has 1 amide bonds. The number of hydrogen-bond acceptors (Lipinski definition) is 6. The standard InChI is InChI=1S/C20H28N4O3S/c1-20(2,3)27-18(25)22(4)16-10-12-23(13-11-16)14-24-19(28)26-17(21-24)15-8-6-5-7-9-15/h5-9,16H,10-14H2,1-4H3. The molecule has 1 aliphatic heterocycles. The van der Waals surface area contributed by atoms with Crippen molar-refractivity contribution in [1.29, 1.82) is 0 Å². The predicted octanol–water partition coefficient (Wildman–Crippen LogP) is 4.16. The maximum Gasteiger partial charge on any atom is 0.410 e. The van der Waals surface area contributed by atoms with Crippen LogP contribution in [0.5, 0.6) is 0 Å². The van der Waals surface area contributed by atoms with E-state index >= 15 is 0 Å². The van der Waals surface area contributed by atoms with Crippen LogP contribution in [0.1, 0.15) is 33.6 Å². The van der Waals surface area contributed by atoms with E-state index in [4.69, 9.17) is 21.4 Å². The Morgan fingerprint density at radius 1 is 1.29 bits per heavy atom. The molecular formula is C20H28N4O3S. The second-order valence-electron chi connectivity index (χ2n) is 8.12. The molecule has 1 aromatic heterocycles. The summed E-state index contributed by atoms with van der Waals surface area (Å²) in [5.41, 5.74) is 0.427. The molecule has 0 atom stereocenters. The van der Waals surface area contributed by atoms with Crippen molar-refractivity contribution in [3.05, 3.63) is 35.2 Å². The number of carbonyl (C=O) groups excluding carboxylic acids is 1. The smallest absolute Gasteiger partial charge is 0.410 e. The van der Waals surface area contributed by atoms with E-state index in [-0.39, 0.29) is 12.1 Å². The summed E-state index contributed by atoms with van der Waals surface area (Å²) in [4.78, 5) is 16.6. The third kappa shape index (κ3) is 5.20. The van der Waals surface area contributed by atoms with Gasteiger partial charge in [0.1, 0.15) is 5.60 Å². The average Bonchev–Trinajstić information content (AvgIpc) is 3.02. The Hall–Kier alpha value is -2.19. The van der Waals surface area contributed by atoms with E-state index < -0.39 is 5.60 Å². The lowest BCUT2D eigenvalue weighted by atomic mass is 10.0. The van der Waals surface area contributed by atoms with Crippen LogP contribution in [0.25, 0.3) is 11.5 Å². The van der Waals surface area contributed by atoms with Crippen LogP contribution in [0.15, 0.2) is 34.7 Å². The number of ether oxygens (including phenoxy) is 1. The topological polar surface area (TPSA) is 63.7 Å². The van der Waals surface area contributed by atoms with Crippen LogP contribution < -0.4 is 0 Å². The molecule has 0 saturated carbocycles. The first-order chi connectivity index (χ1) is 13.2. The number of amides is 1. The van der Waals surface area contributed by atoms with Gasteiger partial charge in [0.15, 0.2) is 0 Å². The first-order valence-corrected chi connectivity index (χ1v) is 9.95. The maximum absolute atomic E-state index is 12.3. The number of aromatic nitrogens is 2. The molecule has 1 saturated heterocycles. The monoisotopic (exact) mass is 404 g/mol. The van der Waals surface area contributed by atoms with Crippen LogP contribution in [0, 0.1) is 4.84 Å². The molecule has 1 aromatic carbocycles. The number of nitrogens with zero attached hydrogens (tertiary/aromatic N) is 4. The van der Waals surface area contributed by atoms with E-state index in [1.54, 1.807) is 9.58 Å². The van der Waals surface area contributed by atoms with Crippen molar-refractivity contribution in [3.8, 4) is 11.5 Å². The summed E-state index contributed by atoms with van der Waals surface area (Å²) < 4.78 is 12.8. The molecule has 0 aliphatic carbocycles. The highest BCUT2D eigenvalue weighted by Crippen LogP contribution is 2.20. The van der Waals surface area contributed by atoms with E-state index in [0.717, 1.165) is 31.5 Å². The maximum atomic E-state index is 12.3. The third-order valence-corrected chi connectivity index (χ3v) is 5.04. The summed E-state index contributed by atoms with van der Waals surface area (Å²) >= 11 is 5.33. The van der Waals surface area contributed by atoms with Gasteiger partial charge in [0.2, 0.25) is 5.89 Å². The zero-order valence-electron chi connectivity index (χ0n) is 16.9. The van der Waals surface area contributed by atoms with Crippen molar-refractivity contribution in [2.75, 3.05) is 20.1 Å². The molecule has 1 aliphatic rings. The number of carbonyl (C=O) groups is 1. The molecule has 0 bridgehead atoms. The van der Waals surface area contributed by atoms with Crippen molar-refractivity contribution >= 4 is 18.3 Å². The molecule has 2 heterocycles. The second kappa shape index (κ2) is 8.45. The van der Waals surface area contributed by atoms with Gasteiger partial charge in [-0.25, -0.2) is 9.48 Å². The molecule has 7 nitrogen and oxygen atoms in total. The highest BCUT2D eigenvalue weighted by Gasteiger charge is 2.28. The minimum Gasteiger partial charge on any atom is -0.444 e. The van der Waals surface area contributed by atoms with Crippen LogP contribution in [0.2, 0.25) is 0 Å². The summed E-state index contributed by atoms with van der Waals surface area (Å²) in [6.07, 6.45) is 1.50. The van der Waals surface area contributed by atoms with Crippen LogP contribution in [-0.2, 0) is 11.4 Å². The molecule has 0 unspecified atom stereocenters. The van der Waals surface area contributed by atoms with Gasteiger partial charge in [0, 0.05) is 31.7 Å². The van der Waals surface area contributed by atoms with Gasteiger partial charge in [-0.3, -0.25) is 4.90 Å². The van der Waals surface area contributed by atoms with Gasteiger partial charge in [0.25, 0.3) is 4.84 Å². The fourth-order valence-corrected chi connectivity index (χ4v) is 3.39. The zero-order valence-corrected chi connectivity index (χ0v) is 17.7. The highest BCUT2D eigenvalue weighted by atomic mass is 32.1. The molecule has 3 rings (SSSR count). The quantitative estimate of drug-likeness (QED) is 0.713. The Morgan fingerprint density at radius 3 is 2.54 bits per heavy atom. The fourth-order valence-electron chi connectivity index (χ4n) is 3.21. The molecule has 0 radical (unpaired) electrons. The van der Waals surface area contributed by atoms with E-state index in [1.165, 1.54) is 0 Å². The summed E-state index contributed by atoms with van der Waals surface area (Å²) in [6.45, 7) is 7.93. The van der Waals surface area contributed by atoms with Crippen molar-refractivity contribution in [2.24, 2.45) is 0 Å². The average molecular weight is 405 g/mol. The Labute approximate surface area is 170 Å². The van der Waals surface area contributed by atoms with Crippen LogP contribution in [0.4, 0.5) is 4.79 Å². The van der Waals surface area contributed by atoms with Crippen molar-refractivity contribution in [2.45, 2.75) is 51.9 Å². The van der Waals surface area contributed by atoms with E-state index in [1.807, 2.05) is 58.2 Å². The number of piperidine rings is 1. The highest BCUT2D eigenvalue weighted by molar-refractivity contribution is 7.71. The Balaban J connectivity index is 1.56. The lowest BCUT2D eigenvalue weighted by Crippen LogP contribution is -2.47. The van der Waals surface area contributed by atoms with Gasteiger partial charge in [-0.1, -0.05) is 18.2 Å². The number of rotatable bonds is 4. The van der Waals surface area contributed by atoms with Crippen molar-refractivity contribution < 1.29 is 13.9 Å². The fraction of sp³-hybridized carbons (Fsp3) is 0.550. The Morgan fingerprint density at radius 2 is 1.93 bits per heavy atom. The molecule has 8 heteroatoms. The normalized spacial score (nSPS) is 16.1. The van der Waals surface area contributed by atoms with Gasteiger partial charge in [0.05, 0.1) is 6.67 Å². The summed E-state index contributed by atoms with van der Waals surface area (Å²) in [5.74, 6) is 0.533. The molecule has 0 spiro atoms. The Bertz CT molecular complexity index is 848. The molecular weight excluding hydrogens is 376 g/mol. The molecule has 0 N–H and O–H groups in total. The first-order valence-electron chi connectivity index (χ1n) is 9.54. The Kier molecular flexibility index (Phi) is 6.20. The van der Waals surface area contributed by atoms with Crippen LogP contribution in [-0.4, -0.2) is 57.5 Å². The van der Waals surface area contributed by atoms with Crippen LogP contribution >= 0.6 is 12.2 Å². The molecule has 152 valence electrons. The molecule has 28 heavy (non-hydrogen) atoms. The predicted molar refractivity (Wildman–Crippen MR) is 109 cm³/mol. The van der Waals surface area contributed by atoms with E-state index in [0.29, 0.717) is 17.4 Å². The van der Waals surface area contributed by atoms with E-state index in [2.05, 4.69) is 10.00 Å². The number of likely N-dealkylation sites (tertiary alicyclic amines) is 1. The van der Waals surface area contributed by atoms with Gasteiger partial charge in [-0.05, 0) is 58.0 Å². The minimum atomic E-state index is -0.480.